The van der Waals surface area contributed by atoms with Crippen molar-refractivity contribution < 1.29 is 13.6 Å². The molecule has 0 spiro atoms. The van der Waals surface area contributed by atoms with Crippen molar-refractivity contribution in [2.75, 3.05) is 11.1 Å². The Kier molecular flexibility index (Phi) is 3.40. The highest BCUT2D eigenvalue weighted by Gasteiger charge is 2.30. The summed E-state index contributed by atoms with van der Waals surface area (Å²) in [4.78, 5) is 12.1. The van der Waals surface area contributed by atoms with Crippen LogP contribution in [-0.4, -0.2) is 16.1 Å². The molecule has 1 saturated carbocycles. The molecule has 0 atom stereocenters. The van der Waals surface area contributed by atoms with Crippen molar-refractivity contribution >= 4 is 33.2 Å². The molecule has 8 heteroatoms. The van der Waals surface area contributed by atoms with Crippen molar-refractivity contribution in [2.24, 2.45) is 0 Å². The van der Waals surface area contributed by atoms with Gasteiger partial charge in [-0.3, -0.25) is 9.89 Å². The van der Waals surface area contributed by atoms with E-state index in [0.29, 0.717) is 5.92 Å². The van der Waals surface area contributed by atoms with E-state index in [-0.39, 0.29) is 21.5 Å². The molecule has 4 N–H and O–H groups in total. The van der Waals surface area contributed by atoms with Crippen LogP contribution in [0.15, 0.2) is 16.6 Å². The lowest BCUT2D eigenvalue weighted by Crippen LogP contribution is -2.15. The molecule has 0 saturated heterocycles. The number of halogens is 3. The minimum absolute atomic E-state index is 0.0142. The third kappa shape index (κ3) is 2.63. The van der Waals surface area contributed by atoms with Gasteiger partial charge in [0.1, 0.15) is 11.6 Å². The fourth-order valence-electron chi connectivity index (χ4n) is 2.02. The largest absolute Gasteiger partial charge is 0.395 e. The first kappa shape index (κ1) is 14.0. The molecule has 0 bridgehead atoms. The van der Waals surface area contributed by atoms with Crippen molar-refractivity contribution in [2.45, 2.75) is 18.8 Å². The van der Waals surface area contributed by atoms with Crippen LogP contribution in [0.4, 0.5) is 20.2 Å². The molecule has 1 fully saturated rings. The van der Waals surface area contributed by atoms with E-state index < -0.39 is 17.5 Å². The van der Waals surface area contributed by atoms with E-state index in [1.54, 1.807) is 0 Å². The van der Waals surface area contributed by atoms with Crippen LogP contribution in [0.3, 0.4) is 0 Å². The molecule has 1 aliphatic carbocycles. The normalized spacial score (nSPS) is 14.2. The number of hydrogen-bond acceptors (Lipinski definition) is 3. The Bertz CT molecular complexity index is 727. The van der Waals surface area contributed by atoms with Crippen LogP contribution in [-0.2, 0) is 0 Å². The SMILES string of the molecule is Nc1c(C(=O)Nc2cc(F)c(Br)cc2F)n[nH]c1C1CC1. The van der Waals surface area contributed by atoms with Gasteiger partial charge in [0.05, 0.1) is 21.5 Å². The lowest BCUT2D eigenvalue weighted by atomic mass is 10.2. The summed E-state index contributed by atoms with van der Waals surface area (Å²) >= 11 is 2.86. The summed E-state index contributed by atoms with van der Waals surface area (Å²) in [6.45, 7) is 0. The Morgan fingerprint density at radius 1 is 1.38 bits per heavy atom. The van der Waals surface area contributed by atoms with Crippen molar-refractivity contribution in [3.63, 3.8) is 0 Å². The number of nitrogens with one attached hydrogen (secondary N) is 2. The number of nitrogens with two attached hydrogens (primary N) is 1. The first-order valence-electron chi connectivity index (χ1n) is 6.27. The van der Waals surface area contributed by atoms with Crippen molar-refractivity contribution in [1.82, 2.24) is 10.2 Å². The highest BCUT2D eigenvalue weighted by atomic mass is 79.9. The summed E-state index contributed by atoms with van der Waals surface area (Å²) in [7, 11) is 0. The number of rotatable bonds is 3. The molecule has 2 aromatic rings. The van der Waals surface area contributed by atoms with Crippen LogP contribution in [0.5, 0.6) is 0 Å². The molecule has 5 nitrogen and oxygen atoms in total. The Labute approximate surface area is 127 Å². The second-order valence-electron chi connectivity index (χ2n) is 4.87. The maximum atomic E-state index is 13.7. The number of hydrogen-bond donors (Lipinski definition) is 3. The van der Waals surface area contributed by atoms with Crippen LogP contribution in [0.1, 0.15) is 34.9 Å². The number of amides is 1. The minimum Gasteiger partial charge on any atom is -0.395 e. The smallest absolute Gasteiger partial charge is 0.278 e. The van der Waals surface area contributed by atoms with Gasteiger partial charge in [-0.05, 0) is 34.8 Å². The molecule has 21 heavy (non-hydrogen) atoms. The summed E-state index contributed by atoms with van der Waals surface area (Å²) in [5.41, 5.74) is 6.56. The van der Waals surface area contributed by atoms with E-state index in [1.165, 1.54) is 0 Å². The van der Waals surface area contributed by atoms with Gasteiger partial charge in [0.2, 0.25) is 0 Å². The van der Waals surface area contributed by atoms with Gasteiger partial charge in [-0.25, -0.2) is 8.78 Å². The van der Waals surface area contributed by atoms with E-state index in [9.17, 15) is 13.6 Å². The number of nitrogens with zero attached hydrogens (tertiary/aromatic N) is 1. The second-order valence-corrected chi connectivity index (χ2v) is 5.73. The summed E-state index contributed by atoms with van der Waals surface area (Å²) in [5, 5.41) is 8.85. The fraction of sp³-hybridized carbons (Fsp3) is 0.231. The Balaban J connectivity index is 1.85. The summed E-state index contributed by atoms with van der Waals surface area (Å²) in [6, 6.07) is 1.83. The van der Waals surface area contributed by atoms with E-state index in [1.807, 2.05) is 0 Å². The predicted molar refractivity (Wildman–Crippen MR) is 77.0 cm³/mol. The molecule has 1 aromatic heterocycles. The highest BCUT2D eigenvalue weighted by molar-refractivity contribution is 9.10. The third-order valence-electron chi connectivity index (χ3n) is 3.29. The standard InChI is InChI=1S/C13H11BrF2N4O/c14-6-3-8(16)9(4-7(6)15)18-13(21)12-10(17)11(19-20-12)5-1-2-5/h3-5H,1-2,17H2,(H,18,21)(H,19,20). The van der Waals surface area contributed by atoms with Gasteiger partial charge < -0.3 is 11.1 Å². The maximum Gasteiger partial charge on any atom is 0.278 e. The Morgan fingerprint density at radius 2 is 2.10 bits per heavy atom. The van der Waals surface area contributed by atoms with Gasteiger partial charge in [0.15, 0.2) is 5.69 Å². The van der Waals surface area contributed by atoms with Gasteiger partial charge in [-0.1, -0.05) is 0 Å². The Hall–Kier alpha value is -1.96. The van der Waals surface area contributed by atoms with Crippen LogP contribution in [0.2, 0.25) is 0 Å². The number of aromatic amines is 1. The van der Waals surface area contributed by atoms with Gasteiger partial charge in [0, 0.05) is 12.0 Å². The fourth-order valence-corrected chi connectivity index (χ4v) is 2.34. The molecule has 3 rings (SSSR count). The van der Waals surface area contributed by atoms with Crippen molar-refractivity contribution in [3.05, 3.63) is 39.6 Å². The van der Waals surface area contributed by atoms with Crippen molar-refractivity contribution in [3.8, 4) is 0 Å². The third-order valence-corrected chi connectivity index (χ3v) is 3.90. The molecule has 0 radical (unpaired) electrons. The number of nitrogen functional groups attached to an aromatic ring is 1. The van der Waals surface area contributed by atoms with E-state index in [4.69, 9.17) is 5.73 Å². The number of anilines is 2. The number of carbonyl (C=O) groups is 1. The number of carbonyl (C=O) groups excluding carboxylic acids is 1. The molecule has 0 aliphatic heterocycles. The summed E-state index contributed by atoms with van der Waals surface area (Å²) in [5.74, 6) is -1.81. The maximum absolute atomic E-state index is 13.7. The van der Waals surface area contributed by atoms with Crippen LogP contribution < -0.4 is 11.1 Å². The summed E-state index contributed by atoms with van der Waals surface area (Å²) in [6.07, 6.45) is 2.00. The minimum atomic E-state index is -0.756. The highest BCUT2D eigenvalue weighted by Crippen LogP contribution is 2.42. The van der Waals surface area contributed by atoms with Crippen LogP contribution >= 0.6 is 15.9 Å². The average Bonchev–Trinajstić information content (AvgIpc) is 3.19. The molecule has 1 aromatic carbocycles. The number of aromatic nitrogens is 2. The van der Waals surface area contributed by atoms with Gasteiger partial charge in [-0.2, -0.15) is 5.10 Å². The monoisotopic (exact) mass is 356 g/mol. The zero-order valence-electron chi connectivity index (χ0n) is 10.7. The molecule has 110 valence electrons. The quantitative estimate of drug-likeness (QED) is 0.738. The predicted octanol–water partition coefficient (Wildman–Crippen LogP) is 3.16. The first-order valence-corrected chi connectivity index (χ1v) is 7.06. The van der Waals surface area contributed by atoms with Crippen LogP contribution in [0.25, 0.3) is 0 Å². The van der Waals surface area contributed by atoms with Gasteiger partial charge in [0.25, 0.3) is 5.91 Å². The zero-order valence-corrected chi connectivity index (χ0v) is 12.3. The molecule has 0 unspecified atom stereocenters. The van der Waals surface area contributed by atoms with E-state index >= 15 is 0 Å². The first-order chi connectivity index (χ1) is 9.97. The molecular weight excluding hydrogens is 346 g/mol. The Morgan fingerprint density at radius 3 is 2.76 bits per heavy atom. The van der Waals surface area contributed by atoms with Crippen LogP contribution in [0, 0.1) is 11.6 Å². The lowest BCUT2D eigenvalue weighted by molar-refractivity contribution is 0.102. The number of benzene rings is 1. The van der Waals surface area contributed by atoms with E-state index in [2.05, 4.69) is 31.4 Å². The zero-order chi connectivity index (χ0) is 15.1. The van der Waals surface area contributed by atoms with Gasteiger partial charge in [-0.15, -0.1) is 0 Å². The average molecular weight is 357 g/mol. The van der Waals surface area contributed by atoms with Crippen molar-refractivity contribution in [1.29, 1.82) is 0 Å². The summed E-state index contributed by atoms with van der Waals surface area (Å²) < 4.78 is 27.1. The lowest BCUT2D eigenvalue weighted by Gasteiger charge is -2.06. The van der Waals surface area contributed by atoms with E-state index in [0.717, 1.165) is 30.7 Å². The molecule has 1 amide bonds. The molecule has 1 heterocycles. The second kappa shape index (κ2) is 5.10. The molecular formula is C13H11BrF2N4O. The van der Waals surface area contributed by atoms with Gasteiger partial charge >= 0.3 is 0 Å². The topological polar surface area (TPSA) is 83.8 Å². The number of H-pyrrole nitrogens is 1. The molecule has 1 aliphatic rings.